The third-order valence-electron chi connectivity index (χ3n) is 3.81. The van der Waals surface area contributed by atoms with Crippen LogP contribution in [0.2, 0.25) is 0 Å². The molecule has 3 heterocycles. The molecule has 3 rings (SSSR count). The van der Waals surface area contributed by atoms with E-state index in [-0.39, 0.29) is 0 Å². The monoisotopic (exact) mass is 288 g/mol. The number of ether oxygens (including phenoxy) is 1. The molecular formula is C15H20N4O2. The Kier molecular flexibility index (Phi) is 4.45. The second-order valence-electron chi connectivity index (χ2n) is 5.39. The SMILES string of the molecule is COc1ccc(Cc2noc(CCC3CCNC3)n2)cn1. The number of pyridine rings is 1. The van der Waals surface area contributed by atoms with E-state index in [1.54, 1.807) is 13.3 Å². The van der Waals surface area contributed by atoms with Gasteiger partial charge in [0.05, 0.1) is 7.11 Å². The fraction of sp³-hybridized carbons (Fsp3) is 0.533. The molecule has 0 aromatic carbocycles. The fourth-order valence-corrected chi connectivity index (χ4v) is 2.57. The van der Waals surface area contributed by atoms with E-state index in [4.69, 9.17) is 9.26 Å². The van der Waals surface area contributed by atoms with Crippen molar-refractivity contribution in [3.8, 4) is 5.88 Å². The molecule has 1 N–H and O–H groups in total. The van der Waals surface area contributed by atoms with Crippen molar-refractivity contribution in [2.24, 2.45) is 5.92 Å². The summed E-state index contributed by atoms with van der Waals surface area (Å²) < 4.78 is 10.4. The Morgan fingerprint density at radius 3 is 3.10 bits per heavy atom. The lowest BCUT2D eigenvalue weighted by Crippen LogP contribution is -2.09. The summed E-state index contributed by atoms with van der Waals surface area (Å²) in [7, 11) is 1.60. The summed E-state index contributed by atoms with van der Waals surface area (Å²) in [6.07, 6.45) is 5.63. The highest BCUT2D eigenvalue weighted by atomic mass is 16.5. The number of hydrogen-bond acceptors (Lipinski definition) is 6. The number of aryl methyl sites for hydroxylation is 1. The van der Waals surface area contributed by atoms with Gasteiger partial charge in [-0.2, -0.15) is 4.98 Å². The van der Waals surface area contributed by atoms with Crippen molar-refractivity contribution in [3.63, 3.8) is 0 Å². The van der Waals surface area contributed by atoms with Crippen LogP contribution < -0.4 is 10.1 Å². The van der Waals surface area contributed by atoms with Crippen LogP contribution in [-0.4, -0.2) is 35.3 Å². The van der Waals surface area contributed by atoms with E-state index >= 15 is 0 Å². The fourth-order valence-electron chi connectivity index (χ4n) is 2.57. The van der Waals surface area contributed by atoms with Gasteiger partial charge in [-0.1, -0.05) is 11.2 Å². The first kappa shape index (κ1) is 14.0. The molecular weight excluding hydrogens is 268 g/mol. The maximum atomic E-state index is 5.31. The van der Waals surface area contributed by atoms with Gasteiger partial charge in [-0.25, -0.2) is 4.98 Å². The van der Waals surface area contributed by atoms with E-state index in [1.165, 1.54) is 6.42 Å². The predicted octanol–water partition coefficient (Wildman–Crippen LogP) is 1.61. The minimum atomic E-state index is 0.609. The van der Waals surface area contributed by atoms with Gasteiger partial charge < -0.3 is 14.6 Å². The largest absolute Gasteiger partial charge is 0.481 e. The standard InChI is InChI=1S/C15H20N4O2/c1-20-14-4-3-12(10-17-14)8-13-18-15(21-19-13)5-2-11-6-7-16-9-11/h3-4,10-11,16H,2,5-9H2,1H3. The average Bonchev–Trinajstić information content (AvgIpc) is 3.17. The highest BCUT2D eigenvalue weighted by molar-refractivity contribution is 5.20. The molecule has 1 saturated heterocycles. The van der Waals surface area contributed by atoms with Crippen LogP contribution in [-0.2, 0) is 12.8 Å². The zero-order valence-electron chi connectivity index (χ0n) is 12.2. The molecule has 1 atom stereocenters. The Balaban J connectivity index is 1.53. The number of hydrogen-bond donors (Lipinski definition) is 1. The Hall–Kier alpha value is -1.95. The van der Waals surface area contributed by atoms with Gasteiger partial charge in [0.15, 0.2) is 5.82 Å². The van der Waals surface area contributed by atoms with E-state index in [1.807, 2.05) is 12.1 Å². The van der Waals surface area contributed by atoms with Gasteiger partial charge in [0, 0.05) is 25.1 Å². The number of methoxy groups -OCH3 is 1. The predicted molar refractivity (Wildman–Crippen MR) is 77.2 cm³/mol. The lowest BCUT2D eigenvalue weighted by Gasteiger charge is -2.03. The Morgan fingerprint density at radius 2 is 2.38 bits per heavy atom. The topological polar surface area (TPSA) is 73.1 Å². The first-order valence-electron chi connectivity index (χ1n) is 7.34. The van der Waals surface area contributed by atoms with Crippen LogP contribution in [0.5, 0.6) is 5.88 Å². The summed E-state index contributed by atoms with van der Waals surface area (Å²) in [5.41, 5.74) is 1.04. The molecule has 0 aliphatic carbocycles. The molecule has 2 aromatic heterocycles. The van der Waals surface area contributed by atoms with Crippen LogP contribution >= 0.6 is 0 Å². The Labute approximate surface area is 123 Å². The second-order valence-corrected chi connectivity index (χ2v) is 5.39. The van der Waals surface area contributed by atoms with Crippen molar-refractivity contribution in [2.45, 2.75) is 25.7 Å². The minimum Gasteiger partial charge on any atom is -0.481 e. The molecule has 2 aromatic rings. The summed E-state index contributed by atoms with van der Waals surface area (Å²) in [4.78, 5) is 8.63. The third-order valence-corrected chi connectivity index (χ3v) is 3.81. The normalized spacial score (nSPS) is 18.0. The molecule has 1 aliphatic heterocycles. The van der Waals surface area contributed by atoms with Gasteiger partial charge in [-0.3, -0.25) is 0 Å². The molecule has 21 heavy (non-hydrogen) atoms. The van der Waals surface area contributed by atoms with Crippen LogP contribution in [0.1, 0.15) is 30.1 Å². The molecule has 1 unspecified atom stereocenters. The van der Waals surface area contributed by atoms with Gasteiger partial charge in [-0.05, 0) is 37.4 Å². The molecule has 0 amide bonds. The van der Waals surface area contributed by atoms with Gasteiger partial charge in [0.25, 0.3) is 0 Å². The molecule has 0 saturated carbocycles. The maximum absolute atomic E-state index is 5.31. The average molecular weight is 288 g/mol. The highest BCUT2D eigenvalue weighted by Crippen LogP contribution is 2.16. The molecule has 1 aliphatic rings. The summed E-state index contributed by atoms with van der Waals surface area (Å²) in [6, 6.07) is 3.80. The van der Waals surface area contributed by atoms with Crippen LogP contribution in [0.15, 0.2) is 22.9 Å². The van der Waals surface area contributed by atoms with E-state index < -0.39 is 0 Å². The van der Waals surface area contributed by atoms with Crippen molar-refractivity contribution in [3.05, 3.63) is 35.6 Å². The van der Waals surface area contributed by atoms with Crippen molar-refractivity contribution in [1.82, 2.24) is 20.4 Å². The lowest BCUT2D eigenvalue weighted by molar-refractivity contribution is 0.361. The van der Waals surface area contributed by atoms with E-state index in [9.17, 15) is 0 Å². The Morgan fingerprint density at radius 1 is 1.43 bits per heavy atom. The van der Waals surface area contributed by atoms with Crippen molar-refractivity contribution in [1.29, 1.82) is 0 Å². The number of aromatic nitrogens is 3. The molecule has 6 heteroatoms. The third kappa shape index (κ3) is 3.78. The minimum absolute atomic E-state index is 0.609. The van der Waals surface area contributed by atoms with Crippen molar-refractivity contribution in [2.75, 3.05) is 20.2 Å². The molecule has 0 radical (unpaired) electrons. The van der Waals surface area contributed by atoms with E-state index in [0.29, 0.717) is 18.1 Å². The summed E-state index contributed by atoms with van der Waals surface area (Å²) >= 11 is 0. The second kappa shape index (κ2) is 6.67. The van der Waals surface area contributed by atoms with Gasteiger partial charge in [0.1, 0.15) is 0 Å². The van der Waals surface area contributed by atoms with Crippen LogP contribution in [0.25, 0.3) is 0 Å². The first-order valence-corrected chi connectivity index (χ1v) is 7.34. The molecule has 0 bridgehead atoms. The number of nitrogens with zero attached hydrogens (tertiary/aromatic N) is 3. The molecule has 1 fully saturated rings. The van der Waals surface area contributed by atoms with E-state index in [2.05, 4.69) is 20.4 Å². The van der Waals surface area contributed by atoms with Crippen molar-refractivity contribution >= 4 is 0 Å². The molecule has 0 spiro atoms. The number of nitrogens with one attached hydrogen (secondary N) is 1. The van der Waals surface area contributed by atoms with Crippen LogP contribution in [0.4, 0.5) is 0 Å². The van der Waals surface area contributed by atoms with Crippen LogP contribution in [0, 0.1) is 5.92 Å². The maximum Gasteiger partial charge on any atom is 0.226 e. The smallest absolute Gasteiger partial charge is 0.226 e. The lowest BCUT2D eigenvalue weighted by atomic mass is 10.0. The number of rotatable bonds is 6. The molecule has 112 valence electrons. The molecule has 6 nitrogen and oxygen atoms in total. The van der Waals surface area contributed by atoms with Crippen LogP contribution in [0.3, 0.4) is 0 Å². The van der Waals surface area contributed by atoms with Gasteiger partial charge >= 0.3 is 0 Å². The first-order chi connectivity index (χ1) is 10.3. The van der Waals surface area contributed by atoms with Gasteiger partial charge in [-0.15, -0.1) is 0 Å². The van der Waals surface area contributed by atoms with Gasteiger partial charge in [0.2, 0.25) is 11.8 Å². The van der Waals surface area contributed by atoms with E-state index in [0.717, 1.165) is 43.3 Å². The summed E-state index contributed by atoms with van der Waals surface area (Å²) in [6.45, 7) is 2.24. The summed E-state index contributed by atoms with van der Waals surface area (Å²) in [5.74, 6) is 2.80. The van der Waals surface area contributed by atoms with Crippen molar-refractivity contribution < 1.29 is 9.26 Å². The zero-order chi connectivity index (χ0) is 14.5. The Bertz CT molecular complexity index is 561. The quantitative estimate of drug-likeness (QED) is 0.870. The highest BCUT2D eigenvalue weighted by Gasteiger charge is 2.16. The summed E-state index contributed by atoms with van der Waals surface area (Å²) in [5, 5.41) is 7.41. The zero-order valence-corrected chi connectivity index (χ0v) is 12.2.